The number of amides is 2. The van der Waals surface area contributed by atoms with E-state index in [-0.39, 0.29) is 11.8 Å². The number of nitrogens with zero attached hydrogens (tertiary/aromatic N) is 4. The van der Waals surface area contributed by atoms with Crippen LogP contribution in [0.3, 0.4) is 0 Å². The van der Waals surface area contributed by atoms with Crippen molar-refractivity contribution in [3.63, 3.8) is 0 Å². The third-order valence-electron chi connectivity index (χ3n) is 5.75. The third-order valence-corrected chi connectivity index (χ3v) is 6.18. The summed E-state index contributed by atoms with van der Waals surface area (Å²) >= 11 is 12.1. The lowest BCUT2D eigenvalue weighted by atomic mass is 10.1. The Hall–Kier alpha value is -2.15. The Morgan fingerprint density at radius 1 is 0.967 bits per heavy atom. The molecule has 2 amide bonds. The van der Waals surface area contributed by atoms with Gasteiger partial charge in [-0.15, -0.1) is 0 Å². The van der Waals surface area contributed by atoms with Crippen molar-refractivity contribution in [3.05, 3.63) is 63.9 Å². The second kappa shape index (κ2) is 9.33. The van der Waals surface area contributed by atoms with Crippen LogP contribution in [0.2, 0.25) is 10.0 Å². The van der Waals surface area contributed by atoms with Crippen LogP contribution in [0.25, 0.3) is 0 Å². The molecular weight excluding hydrogens is 423 g/mol. The van der Waals surface area contributed by atoms with Crippen LogP contribution in [0.1, 0.15) is 28.8 Å². The summed E-state index contributed by atoms with van der Waals surface area (Å²) in [6.45, 7) is 4.41. The van der Waals surface area contributed by atoms with Crippen molar-refractivity contribution in [1.29, 1.82) is 0 Å². The fraction of sp³-hybridized carbons (Fsp3) is 0.409. The minimum Gasteiger partial charge on any atom is -0.338 e. The quantitative estimate of drug-likeness (QED) is 0.722. The van der Waals surface area contributed by atoms with Crippen molar-refractivity contribution in [2.75, 3.05) is 32.7 Å². The molecule has 1 aromatic carbocycles. The van der Waals surface area contributed by atoms with Crippen LogP contribution in [0.5, 0.6) is 0 Å². The van der Waals surface area contributed by atoms with Gasteiger partial charge in [-0.2, -0.15) is 0 Å². The van der Waals surface area contributed by atoms with Gasteiger partial charge in [0.05, 0.1) is 0 Å². The largest absolute Gasteiger partial charge is 0.338 e. The zero-order valence-electron chi connectivity index (χ0n) is 16.6. The summed E-state index contributed by atoms with van der Waals surface area (Å²) in [5.74, 6) is -0.149. The molecule has 0 bridgehead atoms. The Morgan fingerprint density at radius 2 is 1.63 bits per heavy atom. The summed E-state index contributed by atoms with van der Waals surface area (Å²) in [4.78, 5) is 36.2. The lowest BCUT2D eigenvalue weighted by Crippen LogP contribution is -2.54. The van der Waals surface area contributed by atoms with Crippen molar-refractivity contribution in [1.82, 2.24) is 19.7 Å². The maximum absolute atomic E-state index is 13.2. The number of rotatable bonds is 4. The van der Waals surface area contributed by atoms with E-state index in [1.54, 1.807) is 35.5 Å². The van der Waals surface area contributed by atoms with Crippen molar-refractivity contribution in [3.8, 4) is 0 Å². The Balaban J connectivity index is 1.37. The molecule has 2 aromatic rings. The van der Waals surface area contributed by atoms with Crippen LogP contribution in [0.4, 0.5) is 0 Å². The minimum atomic E-state index is -0.415. The SMILES string of the molecule is O=C(C1CCCN1C(=O)c1cc(Cl)cc(Cl)c1)N1CCN(Cc2ccncc2)CC1. The van der Waals surface area contributed by atoms with Crippen molar-refractivity contribution in [2.45, 2.75) is 25.4 Å². The van der Waals surface area contributed by atoms with E-state index in [0.717, 1.165) is 26.1 Å². The monoisotopic (exact) mass is 446 g/mol. The van der Waals surface area contributed by atoms with Crippen LogP contribution >= 0.6 is 23.2 Å². The molecule has 2 aliphatic rings. The first-order valence-corrected chi connectivity index (χ1v) is 10.9. The van der Waals surface area contributed by atoms with Gasteiger partial charge in [0.1, 0.15) is 6.04 Å². The summed E-state index contributed by atoms with van der Waals surface area (Å²) in [7, 11) is 0. The van der Waals surface area contributed by atoms with E-state index in [4.69, 9.17) is 23.2 Å². The van der Waals surface area contributed by atoms with Crippen LogP contribution in [0.15, 0.2) is 42.7 Å². The number of benzene rings is 1. The highest BCUT2D eigenvalue weighted by Gasteiger charge is 2.37. The van der Waals surface area contributed by atoms with E-state index in [1.807, 2.05) is 17.0 Å². The number of carbonyl (C=O) groups is 2. The van der Waals surface area contributed by atoms with Crippen LogP contribution in [-0.4, -0.2) is 70.3 Å². The third kappa shape index (κ3) is 4.77. The standard InChI is InChI=1S/C22H24Cl2N4O2/c23-18-12-17(13-19(24)14-18)21(29)28-7-1-2-20(28)22(30)27-10-8-26(9-11-27)15-16-3-5-25-6-4-16/h3-6,12-14,20H,1-2,7-11,15H2. The van der Waals surface area contributed by atoms with Gasteiger partial charge in [-0.1, -0.05) is 23.2 Å². The number of aromatic nitrogens is 1. The van der Waals surface area contributed by atoms with Gasteiger partial charge in [0, 0.05) is 67.3 Å². The molecule has 8 heteroatoms. The van der Waals surface area contributed by atoms with Gasteiger partial charge in [0.2, 0.25) is 5.91 Å². The molecule has 0 spiro atoms. The van der Waals surface area contributed by atoms with E-state index < -0.39 is 6.04 Å². The fourth-order valence-electron chi connectivity index (χ4n) is 4.19. The highest BCUT2D eigenvalue weighted by molar-refractivity contribution is 6.35. The highest BCUT2D eigenvalue weighted by atomic mass is 35.5. The predicted molar refractivity (Wildman–Crippen MR) is 117 cm³/mol. The van der Waals surface area contributed by atoms with Crippen LogP contribution in [-0.2, 0) is 11.3 Å². The average molecular weight is 447 g/mol. The van der Waals surface area contributed by atoms with Crippen molar-refractivity contribution in [2.24, 2.45) is 0 Å². The van der Waals surface area contributed by atoms with E-state index in [2.05, 4.69) is 9.88 Å². The smallest absolute Gasteiger partial charge is 0.254 e. The fourth-order valence-corrected chi connectivity index (χ4v) is 4.72. The van der Waals surface area contributed by atoms with E-state index >= 15 is 0 Å². The number of halogens is 2. The molecule has 0 N–H and O–H groups in total. The maximum Gasteiger partial charge on any atom is 0.254 e. The first-order valence-electron chi connectivity index (χ1n) is 10.2. The zero-order valence-corrected chi connectivity index (χ0v) is 18.1. The number of likely N-dealkylation sites (tertiary alicyclic amines) is 1. The van der Waals surface area contributed by atoms with Crippen molar-refractivity contribution < 1.29 is 9.59 Å². The number of pyridine rings is 1. The Bertz CT molecular complexity index is 896. The Labute approximate surface area is 186 Å². The summed E-state index contributed by atoms with van der Waals surface area (Å²) in [6, 6.07) is 8.42. The van der Waals surface area contributed by atoms with Crippen LogP contribution in [0, 0.1) is 0 Å². The molecule has 0 radical (unpaired) electrons. The molecule has 3 heterocycles. The average Bonchev–Trinajstić information content (AvgIpc) is 3.23. The van der Waals surface area contributed by atoms with E-state index in [9.17, 15) is 9.59 Å². The molecule has 2 fully saturated rings. The van der Waals surface area contributed by atoms with Gasteiger partial charge in [0.25, 0.3) is 5.91 Å². The first kappa shape index (κ1) is 21.1. The molecule has 6 nitrogen and oxygen atoms in total. The van der Waals surface area contributed by atoms with E-state index in [1.165, 1.54) is 5.56 Å². The second-order valence-corrected chi connectivity index (χ2v) is 8.64. The van der Waals surface area contributed by atoms with Crippen LogP contribution < -0.4 is 0 Å². The highest BCUT2D eigenvalue weighted by Crippen LogP contribution is 2.26. The molecule has 1 atom stereocenters. The maximum atomic E-state index is 13.2. The topological polar surface area (TPSA) is 56.8 Å². The summed E-state index contributed by atoms with van der Waals surface area (Å²) in [5.41, 5.74) is 1.65. The zero-order chi connectivity index (χ0) is 21.1. The summed E-state index contributed by atoms with van der Waals surface area (Å²) in [5, 5.41) is 0.830. The van der Waals surface area contributed by atoms with Gasteiger partial charge in [-0.25, -0.2) is 0 Å². The number of piperazine rings is 1. The number of hydrogen-bond donors (Lipinski definition) is 0. The van der Waals surface area contributed by atoms with Gasteiger partial charge in [-0.3, -0.25) is 19.5 Å². The van der Waals surface area contributed by atoms with E-state index in [0.29, 0.717) is 41.7 Å². The van der Waals surface area contributed by atoms with Crippen molar-refractivity contribution >= 4 is 35.0 Å². The molecular formula is C22H24Cl2N4O2. The molecule has 1 unspecified atom stereocenters. The molecule has 30 heavy (non-hydrogen) atoms. The van der Waals surface area contributed by atoms with Gasteiger partial charge < -0.3 is 9.80 Å². The van der Waals surface area contributed by atoms with Gasteiger partial charge >= 0.3 is 0 Å². The lowest BCUT2D eigenvalue weighted by molar-refractivity contribution is -0.137. The second-order valence-electron chi connectivity index (χ2n) is 7.77. The molecule has 4 rings (SSSR count). The number of carbonyl (C=O) groups excluding carboxylic acids is 2. The molecule has 0 saturated carbocycles. The van der Waals surface area contributed by atoms with Gasteiger partial charge in [0.15, 0.2) is 0 Å². The minimum absolute atomic E-state index is 0.0394. The molecule has 2 aliphatic heterocycles. The molecule has 158 valence electrons. The predicted octanol–water partition coefficient (Wildman–Crippen LogP) is 3.34. The molecule has 1 aromatic heterocycles. The first-order chi connectivity index (χ1) is 14.5. The Morgan fingerprint density at radius 3 is 2.30 bits per heavy atom. The Kier molecular flexibility index (Phi) is 6.56. The lowest BCUT2D eigenvalue weighted by Gasteiger charge is -2.37. The molecule has 2 saturated heterocycles. The van der Waals surface area contributed by atoms with Gasteiger partial charge in [-0.05, 0) is 48.7 Å². The summed E-state index contributed by atoms with van der Waals surface area (Å²) in [6.07, 6.45) is 5.11. The normalized spacial score (nSPS) is 19.9. The number of hydrogen-bond acceptors (Lipinski definition) is 4. The molecule has 0 aliphatic carbocycles. The summed E-state index contributed by atoms with van der Waals surface area (Å²) < 4.78 is 0.